The minimum absolute atomic E-state index is 0.495. The van der Waals surface area contributed by atoms with Gasteiger partial charge in [-0.25, -0.2) is 0 Å². The van der Waals surface area contributed by atoms with Crippen LogP contribution in [0.5, 0.6) is 11.5 Å². The van der Waals surface area contributed by atoms with Crippen LogP contribution in [0.2, 0.25) is 0 Å². The average molecular weight is 249 g/mol. The lowest BCUT2D eigenvalue weighted by atomic mass is 9.96. The van der Waals surface area contributed by atoms with Crippen LogP contribution >= 0.6 is 0 Å². The fraction of sp³-hybridized carbons (Fsp3) is 0.600. The standard InChI is InChI=1S/C15H23NO2/c1-11(2)13(16-3)9-12-5-6-14-15(10-12)18-8-4-7-17-14/h5-6,10-11,13,16H,4,7-9H2,1-3H3. The Morgan fingerprint density at radius 1 is 1.17 bits per heavy atom. The van der Waals surface area contributed by atoms with Crippen LogP contribution in [0.1, 0.15) is 25.8 Å². The minimum atomic E-state index is 0.495. The molecule has 1 unspecified atom stereocenters. The van der Waals surface area contributed by atoms with E-state index in [1.807, 2.05) is 13.1 Å². The van der Waals surface area contributed by atoms with Crippen LogP contribution < -0.4 is 14.8 Å². The molecule has 0 saturated carbocycles. The summed E-state index contributed by atoms with van der Waals surface area (Å²) in [5, 5.41) is 3.37. The van der Waals surface area contributed by atoms with Crippen molar-refractivity contribution in [3.05, 3.63) is 23.8 Å². The van der Waals surface area contributed by atoms with E-state index in [-0.39, 0.29) is 0 Å². The number of ether oxygens (including phenoxy) is 2. The first-order valence-corrected chi connectivity index (χ1v) is 6.76. The van der Waals surface area contributed by atoms with E-state index in [4.69, 9.17) is 9.47 Å². The second-order valence-corrected chi connectivity index (χ2v) is 5.17. The van der Waals surface area contributed by atoms with E-state index < -0.39 is 0 Å². The number of benzene rings is 1. The molecule has 100 valence electrons. The van der Waals surface area contributed by atoms with Crippen LogP contribution in [0.3, 0.4) is 0 Å². The van der Waals surface area contributed by atoms with Crippen LogP contribution in [0.15, 0.2) is 18.2 Å². The fourth-order valence-electron chi connectivity index (χ4n) is 2.26. The van der Waals surface area contributed by atoms with Gasteiger partial charge in [-0.05, 0) is 37.1 Å². The predicted octanol–water partition coefficient (Wildman–Crippen LogP) is 2.63. The molecule has 0 saturated heterocycles. The Kier molecular flexibility index (Phi) is 4.48. The van der Waals surface area contributed by atoms with Crippen molar-refractivity contribution in [3.63, 3.8) is 0 Å². The maximum Gasteiger partial charge on any atom is 0.161 e. The van der Waals surface area contributed by atoms with Gasteiger partial charge < -0.3 is 14.8 Å². The fourth-order valence-corrected chi connectivity index (χ4v) is 2.26. The number of likely N-dealkylation sites (N-methyl/N-ethyl adjacent to an activating group) is 1. The molecule has 18 heavy (non-hydrogen) atoms. The lowest BCUT2D eigenvalue weighted by molar-refractivity contribution is 0.297. The summed E-state index contributed by atoms with van der Waals surface area (Å²) in [6, 6.07) is 6.78. The van der Waals surface area contributed by atoms with Gasteiger partial charge in [-0.1, -0.05) is 19.9 Å². The Labute approximate surface area is 109 Å². The highest BCUT2D eigenvalue weighted by molar-refractivity contribution is 5.43. The van der Waals surface area contributed by atoms with Gasteiger partial charge in [0.25, 0.3) is 0 Å². The van der Waals surface area contributed by atoms with Crippen molar-refractivity contribution < 1.29 is 9.47 Å². The minimum Gasteiger partial charge on any atom is -0.490 e. The molecule has 1 heterocycles. The van der Waals surface area contributed by atoms with Gasteiger partial charge in [-0.2, -0.15) is 0 Å². The number of rotatable bonds is 4. The number of hydrogen-bond acceptors (Lipinski definition) is 3. The summed E-state index contributed by atoms with van der Waals surface area (Å²) in [6.45, 7) is 5.97. The van der Waals surface area contributed by atoms with Crippen LogP contribution in [0, 0.1) is 5.92 Å². The summed E-state index contributed by atoms with van der Waals surface area (Å²) in [7, 11) is 2.02. The second-order valence-electron chi connectivity index (χ2n) is 5.17. The smallest absolute Gasteiger partial charge is 0.161 e. The molecular weight excluding hydrogens is 226 g/mol. The highest BCUT2D eigenvalue weighted by atomic mass is 16.5. The summed E-state index contributed by atoms with van der Waals surface area (Å²) in [6.07, 6.45) is 1.97. The highest BCUT2D eigenvalue weighted by Crippen LogP contribution is 2.31. The third-order valence-corrected chi connectivity index (χ3v) is 3.44. The molecule has 1 aliphatic heterocycles. The molecule has 1 atom stereocenters. The number of nitrogens with one attached hydrogen (secondary N) is 1. The lowest BCUT2D eigenvalue weighted by Gasteiger charge is -2.20. The second kappa shape index (κ2) is 6.10. The zero-order valence-electron chi connectivity index (χ0n) is 11.5. The first-order chi connectivity index (χ1) is 8.70. The maximum atomic E-state index is 5.72. The molecule has 1 aliphatic rings. The summed E-state index contributed by atoms with van der Waals surface area (Å²) in [5.74, 6) is 2.39. The van der Waals surface area contributed by atoms with Crippen molar-refractivity contribution >= 4 is 0 Å². The van der Waals surface area contributed by atoms with Gasteiger partial charge in [0.2, 0.25) is 0 Å². The van der Waals surface area contributed by atoms with E-state index in [0.29, 0.717) is 12.0 Å². The molecule has 0 aliphatic carbocycles. The summed E-state index contributed by atoms with van der Waals surface area (Å²) in [4.78, 5) is 0. The van der Waals surface area contributed by atoms with Crippen molar-refractivity contribution in [1.29, 1.82) is 0 Å². The van der Waals surface area contributed by atoms with Crippen molar-refractivity contribution in [2.75, 3.05) is 20.3 Å². The van der Waals surface area contributed by atoms with Crippen LogP contribution in [-0.2, 0) is 6.42 Å². The van der Waals surface area contributed by atoms with Crippen molar-refractivity contribution in [1.82, 2.24) is 5.32 Å². The molecule has 1 aromatic rings. The first kappa shape index (κ1) is 13.2. The molecule has 3 heteroatoms. The zero-order chi connectivity index (χ0) is 13.0. The molecule has 1 aromatic carbocycles. The average Bonchev–Trinajstić information content (AvgIpc) is 2.60. The van der Waals surface area contributed by atoms with Gasteiger partial charge in [-0.3, -0.25) is 0 Å². The van der Waals surface area contributed by atoms with Crippen molar-refractivity contribution in [2.45, 2.75) is 32.7 Å². The Hall–Kier alpha value is -1.22. The summed E-state index contributed by atoms with van der Waals surface area (Å²) in [5.41, 5.74) is 1.30. The van der Waals surface area contributed by atoms with E-state index in [9.17, 15) is 0 Å². The Balaban J connectivity index is 2.12. The molecule has 1 N–H and O–H groups in total. The largest absolute Gasteiger partial charge is 0.490 e. The molecular formula is C15H23NO2. The van der Waals surface area contributed by atoms with E-state index in [1.165, 1.54) is 5.56 Å². The molecule has 0 radical (unpaired) electrons. The molecule has 0 spiro atoms. The van der Waals surface area contributed by atoms with Crippen LogP contribution in [0.25, 0.3) is 0 Å². The maximum absolute atomic E-state index is 5.72. The van der Waals surface area contributed by atoms with Gasteiger partial charge in [-0.15, -0.1) is 0 Å². The third-order valence-electron chi connectivity index (χ3n) is 3.44. The van der Waals surface area contributed by atoms with E-state index in [2.05, 4.69) is 31.3 Å². The van der Waals surface area contributed by atoms with E-state index >= 15 is 0 Å². The van der Waals surface area contributed by atoms with Crippen LogP contribution in [0.4, 0.5) is 0 Å². The van der Waals surface area contributed by atoms with Crippen molar-refractivity contribution in [2.24, 2.45) is 5.92 Å². The monoisotopic (exact) mass is 249 g/mol. The third kappa shape index (κ3) is 3.16. The Morgan fingerprint density at radius 2 is 1.89 bits per heavy atom. The van der Waals surface area contributed by atoms with Crippen LogP contribution in [-0.4, -0.2) is 26.3 Å². The van der Waals surface area contributed by atoms with Gasteiger partial charge in [0, 0.05) is 12.5 Å². The predicted molar refractivity (Wildman–Crippen MR) is 73.4 cm³/mol. The molecule has 0 amide bonds. The lowest BCUT2D eigenvalue weighted by Crippen LogP contribution is -2.32. The molecule has 0 aromatic heterocycles. The van der Waals surface area contributed by atoms with E-state index in [0.717, 1.165) is 37.6 Å². The Morgan fingerprint density at radius 3 is 2.56 bits per heavy atom. The van der Waals surface area contributed by atoms with Gasteiger partial charge in [0.05, 0.1) is 13.2 Å². The zero-order valence-corrected chi connectivity index (χ0v) is 11.5. The van der Waals surface area contributed by atoms with Gasteiger partial charge in [0.15, 0.2) is 11.5 Å². The Bertz CT molecular complexity index is 390. The molecule has 0 bridgehead atoms. The van der Waals surface area contributed by atoms with E-state index in [1.54, 1.807) is 0 Å². The molecule has 2 rings (SSSR count). The first-order valence-electron chi connectivity index (χ1n) is 6.76. The van der Waals surface area contributed by atoms with Gasteiger partial charge in [0.1, 0.15) is 0 Å². The normalized spacial score (nSPS) is 16.4. The highest BCUT2D eigenvalue weighted by Gasteiger charge is 2.15. The van der Waals surface area contributed by atoms with Gasteiger partial charge >= 0.3 is 0 Å². The van der Waals surface area contributed by atoms with Crippen molar-refractivity contribution in [3.8, 4) is 11.5 Å². The number of hydrogen-bond donors (Lipinski definition) is 1. The SMILES string of the molecule is CNC(Cc1ccc2c(c1)OCCCO2)C(C)C. The molecule has 0 fully saturated rings. The topological polar surface area (TPSA) is 30.5 Å². The number of fused-ring (bicyclic) bond motifs is 1. The summed E-state index contributed by atoms with van der Waals surface area (Å²) >= 11 is 0. The molecule has 3 nitrogen and oxygen atoms in total. The quantitative estimate of drug-likeness (QED) is 0.890. The summed E-state index contributed by atoms with van der Waals surface area (Å²) < 4.78 is 11.4.